The maximum absolute atomic E-state index is 4.65. The van der Waals surface area contributed by atoms with Crippen LogP contribution >= 0.6 is 0 Å². The zero-order valence-corrected chi connectivity index (χ0v) is 13.4. The van der Waals surface area contributed by atoms with Crippen LogP contribution in [0.1, 0.15) is 52.3 Å². The number of rotatable bonds is 9. The quantitative estimate of drug-likeness (QED) is 0.692. The molecule has 0 amide bonds. The van der Waals surface area contributed by atoms with Gasteiger partial charge in [0, 0.05) is 18.6 Å². The molecule has 0 saturated heterocycles. The summed E-state index contributed by atoms with van der Waals surface area (Å²) in [6.07, 6.45) is 6.13. The van der Waals surface area contributed by atoms with Crippen LogP contribution in [0.2, 0.25) is 0 Å². The average molecular weight is 275 g/mol. The fourth-order valence-corrected chi connectivity index (χ4v) is 2.30. The van der Waals surface area contributed by atoms with Gasteiger partial charge in [-0.15, -0.1) is 6.58 Å². The van der Waals surface area contributed by atoms with Gasteiger partial charge in [0.2, 0.25) is 0 Å². The first-order valence-electron chi connectivity index (χ1n) is 7.70. The highest BCUT2D eigenvalue weighted by Gasteiger charge is 2.12. The number of hydrogen-bond donors (Lipinski definition) is 1. The van der Waals surface area contributed by atoms with E-state index in [-0.39, 0.29) is 0 Å². The Morgan fingerprint density at radius 1 is 1.35 bits per heavy atom. The largest absolute Gasteiger partial charge is 0.364 e. The van der Waals surface area contributed by atoms with Crippen molar-refractivity contribution < 1.29 is 0 Å². The molecular formula is C17H29N3. The van der Waals surface area contributed by atoms with E-state index >= 15 is 0 Å². The van der Waals surface area contributed by atoms with E-state index in [1.165, 1.54) is 0 Å². The van der Waals surface area contributed by atoms with E-state index in [1.807, 2.05) is 12.3 Å². The summed E-state index contributed by atoms with van der Waals surface area (Å²) in [6, 6.07) is 5.11. The molecule has 1 rings (SSSR count). The second kappa shape index (κ2) is 8.75. The van der Waals surface area contributed by atoms with E-state index in [1.54, 1.807) is 0 Å². The van der Waals surface area contributed by atoms with Crippen molar-refractivity contribution >= 4 is 5.69 Å². The van der Waals surface area contributed by atoms with Crippen molar-refractivity contribution in [1.82, 2.24) is 10.3 Å². The highest BCUT2D eigenvalue weighted by Crippen LogP contribution is 2.20. The van der Waals surface area contributed by atoms with E-state index in [0.717, 1.165) is 37.3 Å². The normalized spacial score (nSPS) is 12.4. The summed E-state index contributed by atoms with van der Waals surface area (Å²) >= 11 is 0. The van der Waals surface area contributed by atoms with Gasteiger partial charge in [-0.25, -0.2) is 0 Å². The molecule has 0 bridgehead atoms. The monoisotopic (exact) mass is 275 g/mol. The maximum Gasteiger partial charge on any atom is 0.0574 e. The first kappa shape index (κ1) is 16.7. The number of aromatic nitrogens is 1. The fraction of sp³-hybridized carbons (Fsp3) is 0.588. The summed E-state index contributed by atoms with van der Waals surface area (Å²) in [5.74, 6) is 0. The Kier molecular flexibility index (Phi) is 7.31. The van der Waals surface area contributed by atoms with Crippen LogP contribution in [0.4, 0.5) is 5.69 Å². The Balaban J connectivity index is 2.82. The zero-order valence-electron chi connectivity index (χ0n) is 13.4. The number of anilines is 1. The van der Waals surface area contributed by atoms with Crippen molar-refractivity contribution in [2.24, 2.45) is 0 Å². The second-order valence-corrected chi connectivity index (χ2v) is 5.39. The molecule has 20 heavy (non-hydrogen) atoms. The van der Waals surface area contributed by atoms with Crippen LogP contribution in [0.15, 0.2) is 31.0 Å². The highest BCUT2D eigenvalue weighted by molar-refractivity contribution is 5.46. The van der Waals surface area contributed by atoms with Crippen molar-refractivity contribution in [2.45, 2.75) is 52.6 Å². The Morgan fingerprint density at radius 2 is 2.10 bits per heavy atom. The molecule has 1 N–H and O–H groups in total. The molecule has 0 aliphatic rings. The molecule has 0 radical (unpaired) electrons. The molecule has 1 aromatic heterocycles. The fourth-order valence-electron chi connectivity index (χ4n) is 2.30. The lowest BCUT2D eigenvalue weighted by atomic mass is 10.1. The summed E-state index contributed by atoms with van der Waals surface area (Å²) in [5.41, 5.74) is 2.29. The second-order valence-electron chi connectivity index (χ2n) is 5.39. The van der Waals surface area contributed by atoms with E-state index in [4.69, 9.17) is 0 Å². The third-order valence-electron chi connectivity index (χ3n) is 3.46. The minimum Gasteiger partial charge on any atom is -0.364 e. The summed E-state index contributed by atoms with van der Waals surface area (Å²) < 4.78 is 0. The van der Waals surface area contributed by atoms with E-state index in [0.29, 0.717) is 12.1 Å². The smallest absolute Gasteiger partial charge is 0.0574 e. The Bertz CT molecular complexity index is 384. The molecule has 3 nitrogen and oxygen atoms in total. The molecule has 0 fully saturated rings. The van der Waals surface area contributed by atoms with Gasteiger partial charge in [-0.3, -0.25) is 4.98 Å². The third-order valence-corrected chi connectivity index (χ3v) is 3.46. The lowest BCUT2D eigenvalue weighted by Crippen LogP contribution is -2.31. The molecule has 0 spiro atoms. The van der Waals surface area contributed by atoms with Gasteiger partial charge in [0.05, 0.1) is 17.6 Å². The van der Waals surface area contributed by atoms with Gasteiger partial charge < -0.3 is 10.2 Å². The summed E-state index contributed by atoms with van der Waals surface area (Å²) in [7, 11) is 0. The Hall–Kier alpha value is -1.35. The van der Waals surface area contributed by atoms with E-state index in [2.05, 4.69) is 61.6 Å². The molecule has 1 aromatic rings. The van der Waals surface area contributed by atoms with Gasteiger partial charge in [-0.2, -0.15) is 0 Å². The van der Waals surface area contributed by atoms with Crippen LogP contribution < -0.4 is 10.2 Å². The van der Waals surface area contributed by atoms with Gasteiger partial charge in [0.1, 0.15) is 0 Å². The minimum atomic E-state index is 0.357. The Labute approximate surface area is 124 Å². The number of pyridine rings is 1. The van der Waals surface area contributed by atoms with Gasteiger partial charge in [0.15, 0.2) is 0 Å². The van der Waals surface area contributed by atoms with Crippen LogP contribution in [0.25, 0.3) is 0 Å². The number of nitrogens with zero attached hydrogens (tertiary/aromatic N) is 2. The summed E-state index contributed by atoms with van der Waals surface area (Å²) in [6.45, 7) is 14.5. The highest BCUT2D eigenvalue weighted by atomic mass is 15.2. The standard InChI is InChI=1S/C17H29N3/c1-6-11-18-16(8-3)17-10-9-15(13-19-17)20(12-7-2)14(4)5/h7,9-10,13-14,16,18H,2,6,8,11-12H2,1,3-5H3. The predicted molar refractivity (Wildman–Crippen MR) is 88.2 cm³/mol. The lowest BCUT2D eigenvalue weighted by molar-refractivity contribution is 0.507. The average Bonchev–Trinajstić information content (AvgIpc) is 2.46. The molecule has 0 saturated carbocycles. The van der Waals surface area contributed by atoms with Crippen molar-refractivity contribution in [3.05, 3.63) is 36.7 Å². The molecule has 0 aliphatic heterocycles. The molecular weight excluding hydrogens is 246 g/mol. The SMILES string of the molecule is C=CCN(c1ccc(C(CC)NCCC)nc1)C(C)C. The molecule has 0 aliphatic carbocycles. The molecule has 0 aromatic carbocycles. The van der Waals surface area contributed by atoms with E-state index < -0.39 is 0 Å². The van der Waals surface area contributed by atoms with Gasteiger partial charge in [-0.05, 0) is 45.4 Å². The zero-order chi connectivity index (χ0) is 15.0. The first-order chi connectivity index (χ1) is 9.63. The maximum atomic E-state index is 4.65. The van der Waals surface area contributed by atoms with Crippen LogP contribution in [0, 0.1) is 0 Å². The summed E-state index contributed by atoms with van der Waals surface area (Å²) in [4.78, 5) is 6.95. The first-order valence-corrected chi connectivity index (χ1v) is 7.70. The van der Waals surface area contributed by atoms with Crippen molar-refractivity contribution in [2.75, 3.05) is 18.0 Å². The van der Waals surface area contributed by atoms with Crippen LogP contribution in [-0.4, -0.2) is 24.1 Å². The number of nitrogens with one attached hydrogen (secondary N) is 1. The third kappa shape index (κ3) is 4.64. The van der Waals surface area contributed by atoms with Crippen LogP contribution in [0.3, 0.4) is 0 Å². The number of hydrogen-bond acceptors (Lipinski definition) is 3. The Morgan fingerprint density at radius 3 is 2.55 bits per heavy atom. The topological polar surface area (TPSA) is 28.2 Å². The predicted octanol–water partition coefficient (Wildman–Crippen LogP) is 3.93. The molecule has 1 unspecified atom stereocenters. The van der Waals surface area contributed by atoms with E-state index in [9.17, 15) is 0 Å². The minimum absolute atomic E-state index is 0.357. The summed E-state index contributed by atoms with van der Waals surface area (Å²) in [5, 5.41) is 3.54. The lowest BCUT2D eigenvalue weighted by Gasteiger charge is -2.27. The van der Waals surface area contributed by atoms with Crippen LogP contribution in [0.5, 0.6) is 0 Å². The molecule has 112 valence electrons. The van der Waals surface area contributed by atoms with Crippen molar-refractivity contribution in [3.8, 4) is 0 Å². The van der Waals surface area contributed by atoms with Gasteiger partial charge in [0.25, 0.3) is 0 Å². The molecule has 1 heterocycles. The van der Waals surface area contributed by atoms with Crippen molar-refractivity contribution in [3.63, 3.8) is 0 Å². The molecule has 3 heteroatoms. The van der Waals surface area contributed by atoms with Gasteiger partial charge in [-0.1, -0.05) is 19.9 Å². The van der Waals surface area contributed by atoms with Crippen molar-refractivity contribution in [1.29, 1.82) is 0 Å². The van der Waals surface area contributed by atoms with Crippen LogP contribution in [-0.2, 0) is 0 Å². The molecule has 1 atom stereocenters. The van der Waals surface area contributed by atoms with Gasteiger partial charge >= 0.3 is 0 Å².